The summed E-state index contributed by atoms with van der Waals surface area (Å²) in [7, 11) is 0. The van der Waals surface area contributed by atoms with Crippen molar-refractivity contribution in [3.63, 3.8) is 0 Å². The first-order valence-corrected chi connectivity index (χ1v) is 20.0. The van der Waals surface area contributed by atoms with E-state index in [-0.39, 0.29) is 48.8 Å². The molecule has 56 heavy (non-hydrogen) atoms. The predicted molar refractivity (Wildman–Crippen MR) is 209 cm³/mol. The zero-order chi connectivity index (χ0) is 41.2. The minimum absolute atomic E-state index is 0.0369. The summed E-state index contributed by atoms with van der Waals surface area (Å²) in [6, 6.07) is -1.45. The summed E-state index contributed by atoms with van der Waals surface area (Å²) >= 11 is 6.03. The summed E-state index contributed by atoms with van der Waals surface area (Å²) in [6.07, 6.45) is 9.85. The average Bonchev–Trinajstić information content (AvgIpc) is 3.60. The number of hydrogen-bond donors (Lipinski definition) is 4. The smallest absolute Gasteiger partial charge is 0.289 e. The maximum Gasteiger partial charge on any atom is 0.289 e. The Kier molecular flexibility index (Phi) is 15.7. The van der Waals surface area contributed by atoms with Crippen molar-refractivity contribution < 1.29 is 33.5 Å². The Hall–Kier alpha value is -4.66. The van der Waals surface area contributed by atoms with Gasteiger partial charge in [-0.05, 0) is 49.5 Å². The normalized spacial score (nSPS) is 19.6. The molecule has 16 heteroatoms. The van der Waals surface area contributed by atoms with Gasteiger partial charge in [0, 0.05) is 37.1 Å². The van der Waals surface area contributed by atoms with Gasteiger partial charge in [-0.2, -0.15) is 0 Å². The fourth-order valence-corrected chi connectivity index (χ4v) is 7.06. The Balaban J connectivity index is 1.62. The molecule has 3 heterocycles. The summed E-state index contributed by atoms with van der Waals surface area (Å²) in [5.74, 6) is -3.71. The molecule has 4 rings (SSSR count). The van der Waals surface area contributed by atoms with Crippen molar-refractivity contribution in [3.05, 3.63) is 47.6 Å². The first-order valence-electron chi connectivity index (χ1n) is 19.6. The van der Waals surface area contributed by atoms with Crippen molar-refractivity contribution in [2.24, 2.45) is 17.3 Å². The van der Waals surface area contributed by atoms with Gasteiger partial charge in [-0.3, -0.25) is 33.8 Å². The summed E-state index contributed by atoms with van der Waals surface area (Å²) < 4.78 is 6.12. The molecule has 15 nitrogen and oxygen atoms in total. The van der Waals surface area contributed by atoms with Gasteiger partial charge >= 0.3 is 0 Å². The third kappa shape index (κ3) is 11.9. The minimum atomic E-state index is -1.14. The SMILES string of the molecule is CCC[C@H](NC(=O)[C@@H]1C[C@@H](Oc2ccc(Cl)cn2)CN1C(=O)[C@@H](NC(=O)[C@@H](NC(=O)c1cnccn1)C1CCCCC1)C(C)(C)C)C(=O)C(=O)N[C@@H](C)C(C)C. The molecule has 0 bridgehead atoms. The lowest BCUT2D eigenvalue weighted by atomic mass is 9.82. The standard InChI is InChI=1S/C40H57ClN8O7/c1-8-12-28(33(50)38(54)45-24(4)23(2)3)46-36(52)30-19-27(56-31-16-15-26(41)20-44-31)22-49(30)39(55)34(40(5,6)7)48-37(53)32(25-13-10-9-11-14-25)47-35(51)29-21-42-17-18-43-29/h15-18,20-21,23-25,27-28,30,32,34H,8-14,19,22H2,1-7H3,(H,45,54)(H,46,52)(H,47,51)(H,48,53)/t24-,27+,28-,30-,32-,34+/m0/s1. The van der Waals surface area contributed by atoms with Crippen molar-refractivity contribution in [1.82, 2.24) is 41.1 Å². The number of likely N-dealkylation sites (tertiary alicyclic amines) is 1. The molecule has 4 N–H and O–H groups in total. The van der Waals surface area contributed by atoms with E-state index in [0.717, 1.165) is 19.3 Å². The second kappa shape index (κ2) is 20.0. The van der Waals surface area contributed by atoms with Crippen LogP contribution < -0.4 is 26.0 Å². The van der Waals surface area contributed by atoms with Crippen LogP contribution >= 0.6 is 11.6 Å². The van der Waals surface area contributed by atoms with E-state index in [0.29, 0.717) is 24.3 Å². The van der Waals surface area contributed by atoms with Gasteiger partial charge in [0.15, 0.2) is 0 Å². The number of aromatic nitrogens is 3. The van der Waals surface area contributed by atoms with Gasteiger partial charge in [0.05, 0.1) is 23.8 Å². The molecule has 1 saturated heterocycles. The highest BCUT2D eigenvalue weighted by Gasteiger charge is 2.47. The van der Waals surface area contributed by atoms with Crippen molar-refractivity contribution in [2.75, 3.05) is 6.54 Å². The van der Waals surface area contributed by atoms with E-state index in [1.54, 1.807) is 39.8 Å². The van der Waals surface area contributed by atoms with Crippen LogP contribution in [-0.2, 0) is 24.0 Å². The molecule has 2 aromatic rings. The first-order chi connectivity index (χ1) is 26.5. The summed E-state index contributed by atoms with van der Waals surface area (Å²) in [4.78, 5) is 96.5. The molecular weight excluding hydrogens is 740 g/mol. The van der Waals surface area contributed by atoms with Crippen molar-refractivity contribution in [1.29, 1.82) is 0 Å². The lowest BCUT2D eigenvalue weighted by Gasteiger charge is -2.37. The molecule has 1 saturated carbocycles. The van der Waals surface area contributed by atoms with E-state index >= 15 is 0 Å². The van der Waals surface area contributed by atoms with Crippen LogP contribution in [0.2, 0.25) is 5.02 Å². The fraction of sp³-hybridized carbons (Fsp3) is 0.625. The summed E-state index contributed by atoms with van der Waals surface area (Å²) in [5, 5.41) is 11.7. The topological polar surface area (TPSA) is 202 Å². The van der Waals surface area contributed by atoms with Crippen molar-refractivity contribution in [2.45, 2.75) is 136 Å². The maximum atomic E-state index is 14.8. The monoisotopic (exact) mass is 796 g/mol. The molecule has 5 amide bonds. The number of pyridine rings is 1. The molecule has 1 aliphatic carbocycles. The van der Waals surface area contributed by atoms with Gasteiger partial charge in [-0.15, -0.1) is 0 Å². The number of halogens is 1. The van der Waals surface area contributed by atoms with Crippen LogP contribution in [-0.4, -0.2) is 98.0 Å². The Morgan fingerprint density at radius 3 is 2.23 bits per heavy atom. The summed E-state index contributed by atoms with van der Waals surface area (Å²) in [5.41, 5.74) is -0.800. The second-order valence-corrected chi connectivity index (χ2v) is 16.7. The van der Waals surface area contributed by atoms with Crippen LogP contribution in [0.1, 0.15) is 110 Å². The van der Waals surface area contributed by atoms with Gasteiger partial charge in [-0.1, -0.05) is 78.8 Å². The highest BCUT2D eigenvalue weighted by atomic mass is 35.5. The van der Waals surface area contributed by atoms with Crippen LogP contribution in [0.15, 0.2) is 36.9 Å². The highest BCUT2D eigenvalue weighted by Crippen LogP contribution is 2.30. The number of ether oxygens (including phenoxy) is 1. The lowest BCUT2D eigenvalue weighted by molar-refractivity contribution is -0.145. The Morgan fingerprint density at radius 2 is 1.64 bits per heavy atom. The van der Waals surface area contributed by atoms with E-state index in [9.17, 15) is 28.8 Å². The van der Waals surface area contributed by atoms with E-state index in [4.69, 9.17) is 16.3 Å². The molecular formula is C40H57ClN8O7. The van der Waals surface area contributed by atoms with Gasteiger partial charge in [-0.25, -0.2) is 9.97 Å². The largest absolute Gasteiger partial charge is 0.472 e. The zero-order valence-corrected chi connectivity index (χ0v) is 34.2. The average molecular weight is 797 g/mol. The van der Waals surface area contributed by atoms with E-state index in [2.05, 4.69) is 36.2 Å². The van der Waals surface area contributed by atoms with Gasteiger partial charge in [0.1, 0.15) is 29.9 Å². The molecule has 2 aliphatic rings. The third-order valence-corrected chi connectivity index (χ3v) is 10.7. The van der Waals surface area contributed by atoms with Gasteiger partial charge in [0.25, 0.3) is 11.8 Å². The quantitative estimate of drug-likeness (QED) is 0.181. The van der Waals surface area contributed by atoms with Crippen LogP contribution in [0.25, 0.3) is 0 Å². The number of amides is 5. The van der Waals surface area contributed by atoms with Crippen molar-refractivity contribution in [3.8, 4) is 5.88 Å². The third-order valence-electron chi connectivity index (χ3n) is 10.5. The molecule has 0 aromatic carbocycles. The van der Waals surface area contributed by atoms with Crippen LogP contribution in [0.5, 0.6) is 5.88 Å². The van der Waals surface area contributed by atoms with E-state index in [1.807, 2.05) is 20.8 Å². The predicted octanol–water partition coefficient (Wildman–Crippen LogP) is 3.80. The number of carbonyl (C=O) groups is 6. The molecule has 0 spiro atoms. The number of hydrogen-bond acceptors (Lipinski definition) is 10. The van der Waals surface area contributed by atoms with E-state index < -0.39 is 71.0 Å². The second-order valence-electron chi connectivity index (χ2n) is 16.3. The molecule has 306 valence electrons. The Bertz CT molecular complexity index is 1680. The summed E-state index contributed by atoms with van der Waals surface area (Å²) in [6.45, 7) is 12.8. The van der Waals surface area contributed by atoms with E-state index in [1.165, 1.54) is 29.7 Å². The molecule has 6 atom stereocenters. The number of rotatable bonds is 16. The van der Waals surface area contributed by atoms with Gasteiger partial charge < -0.3 is 30.9 Å². The zero-order valence-electron chi connectivity index (χ0n) is 33.5. The van der Waals surface area contributed by atoms with Crippen LogP contribution in [0, 0.1) is 17.3 Å². The molecule has 0 radical (unpaired) electrons. The van der Waals surface area contributed by atoms with Gasteiger partial charge in [0.2, 0.25) is 29.4 Å². The minimum Gasteiger partial charge on any atom is -0.472 e. The molecule has 2 fully saturated rings. The molecule has 1 aliphatic heterocycles. The molecule has 0 unspecified atom stereocenters. The van der Waals surface area contributed by atoms with Crippen molar-refractivity contribution >= 4 is 46.9 Å². The lowest BCUT2D eigenvalue weighted by Crippen LogP contribution is -2.62. The fourth-order valence-electron chi connectivity index (χ4n) is 6.95. The molecule has 2 aromatic heterocycles. The number of nitrogens with one attached hydrogen (secondary N) is 4. The number of Topliss-reactive ketones (excluding diaryl/α,β-unsaturated/α-hetero) is 1. The van der Waals surface area contributed by atoms with Crippen LogP contribution in [0.3, 0.4) is 0 Å². The number of nitrogens with zero attached hydrogens (tertiary/aromatic N) is 4. The first kappa shape index (κ1) is 44.1. The van der Waals surface area contributed by atoms with Crippen LogP contribution in [0.4, 0.5) is 0 Å². The Morgan fingerprint density at radius 1 is 0.929 bits per heavy atom. The number of carbonyl (C=O) groups excluding carboxylic acids is 6. The maximum absolute atomic E-state index is 14.8. The highest BCUT2D eigenvalue weighted by molar-refractivity contribution is 6.38. The Labute approximate surface area is 334 Å². The number of ketones is 1.